The van der Waals surface area contributed by atoms with Gasteiger partial charge in [-0.05, 0) is 29.8 Å². The minimum absolute atomic E-state index is 0.251. The molecule has 0 heterocycles. The van der Waals surface area contributed by atoms with Crippen LogP contribution in [0, 0.1) is 0 Å². The van der Waals surface area contributed by atoms with Crippen LogP contribution in [0.4, 0.5) is 10.5 Å². The van der Waals surface area contributed by atoms with Gasteiger partial charge >= 0.3 is 6.03 Å². The van der Waals surface area contributed by atoms with Crippen LogP contribution in [0.1, 0.15) is 5.56 Å². The van der Waals surface area contributed by atoms with Gasteiger partial charge in [-0.1, -0.05) is 29.3 Å². The van der Waals surface area contributed by atoms with Crippen LogP contribution in [0.5, 0.6) is 17.2 Å². The van der Waals surface area contributed by atoms with Crippen LogP contribution in [0.15, 0.2) is 30.3 Å². The first-order valence-electron chi connectivity index (χ1n) is 7.28. The Kier molecular flexibility index (Phi) is 6.61. The summed E-state index contributed by atoms with van der Waals surface area (Å²) in [6.07, 6.45) is 0. The first kappa shape index (κ1) is 19.0. The first-order valence-corrected chi connectivity index (χ1v) is 8.03. The summed E-state index contributed by atoms with van der Waals surface area (Å²) in [4.78, 5) is 12.1. The van der Waals surface area contributed by atoms with Crippen molar-refractivity contribution in [1.29, 1.82) is 0 Å². The number of halogens is 2. The highest BCUT2D eigenvalue weighted by atomic mass is 35.5. The van der Waals surface area contributed by atoms with E-state index in [9.17, 15) is 4.79 Å². The molecule has 0 aromatic heterocycles. The molecule has 0 spiro atoms. The second-order valence-corrected chi connectivity index (χ2v) is 5.73. The van der Waals surface area contributed by atoms with E-state index in [-0.39, 0.29) is 11.6 Å². The zero-order chi connectivity index (χ0) is 18.4. The Morgan fingerprint density at radius 3 is 2.24 bits per heavy atom. The lowest BCUT2D eigenvalue weighted by Crippen LogP contribution is -2.28. The number of benzene rings is 2. The average Bonchev–Trinajstić information content (AvgIpc) is 2.62. The third kappa shape index (κ3) is 4.61. The van der Waals surface area contributed by atoms with E-state index in [1.54, 1.807) is 30.3 Å². The fourth-order valence-electron chi connectivity index (χ4n) is 2.19. The smallest absolute Gasteiger partial charge is 0.319 e. The van der Waals surface area contributed by atoms with Gasteiger partial charge in [0.05, 0.1) is 37.1 Å². The van der Waals surface area contributed by atoms with Gasteiger partial charge in [-0.25, -0.2) is 4.79 Å². The molecule has 0 atom stereocenters. The van der Waals surface area contributed by atoms with Crippen molar-refractivity contribution in [3.63, 3.8) is 0 Å². The maximum Gasteiger partial charge on any atom is 0.319 e. The van der Waals surface area contributed by atoms with Gasteiger partial charge in [-0.3, -0.25) is 0 Å². The molecule has 2 rings (SSSR count). The van der Waals surface area contributed by atoms with E-state index in [1.807, 2.05) is 0 Å². The zero-order valence-electron chi connectivity index (χ0n) is 14.0. The minimum atomic E-state index is -0.419. The van der Waals surface area contributed by atoms with Gasteiger partial charge in [-0.15, -0.1) is 0 Å². The molecule has 0 bridgehead atoms. The summed E-state index contributed by atoms with van der Waals surface area (Å²) in [6.45, 7) is 0.251. The molecule has 2 aromatic carbocycles. The standard InChI is InChI=1S/C17H18Cl2N2O4/c1-23-13-7-10(8-14(24-2)16(13)25-3)9-20-17(22)21-12-6-4-5-11(18)15(12)19/h4-8H,9H2,1-3H3,(H2,20,21,22). The van der Waals surface area contributed by atoms with Crippen LogP contribution in [-0.4, -0.2) is 27.4 Å². The number of amides is 2. The molecule has 0 unspecified atom stereocenters. The van der Waals surface area contributed by atoms with Gasteiger partial charge < -0.3 is 24.8 Å². The summed E-state index contributed by atoms with van der Waals surface area (Å²) in [5.74, 6) is 1.51. The van der Waals surface area contributed by atoms with Crippen molar-refractivity contribution < 1.29 is 19.0 Å². The summed E-state index contributed by atoms with van der Waals surface area (Å²) in [5, 5.41) is 6.03. The van der Waals surface area contributed by atoms with Gasteiger partial charge in [0.15, 0.2) is 11.5 Å². The number of ether oxygens (including phenoxy) is 3. The predicted octanol–water partition coefficient (Wildman–Crippen LogP) is 4.34. The second-order valence-electron chi connectivity index (χ2n) is 4.94. The SMILES string of the molecule is COc1cc(CNC(=O)Nc2cccc(Cl)c2Cl)cc(OC)c1OC. The van der Waals surface area contributed by atoms with Crippen molar-refractivity contribution in [1.82, 2.24) is 5.32 Å². The summed E-state index contributed by atoms with van der Waals surface area (Å²) in [7, 11) is 4.59. The molecule has 25 heavy (non-hydrogen) atoms. The van der Waals surface area contributed by atoms with Crippen molar-refractivity contribution in [2.45, 2.75) is 6.54 Å². The van der Waals surface area contributed by atoms with E-state index in [1.165, 1.54) is 21.3 Å². The maximum atomic E-state index is 12.1. The summed E-state index contributed by atoms with van der Waals surface area (Å²) in [6, 6.07) is 8.10. The summed E-state index contributed by atoms with van der Waals surface area (Å²) < 4.78 is 15.8. The van der Waals surface area contributed by atoms with Crippen LogP contribution < -0.4 is 24.8 Å². The second kappa shape index (κ2) is 8.69. The molecule has 134 valence electrons. The lowest BCUT2D eigenvalue weighted by molar-refractivity contribution is 0.251. The van der Waals surface area contributed by atoms with E-state index in [0.29, 0.717) is 28.0 Å². The topological polar surface area (TPSA) is 68.8 Å². The molecule has 8 heteroatoms. The Balaban J connectivity index is 2.08. The molecule has 0 aliphatic rings. The highest BCUT2D eigenvalue weighted by Gasteiger charge is 2.14. The quantitative estimate of drug-likeness (QED) is 0.776. The van der Waals surface area contributed by atoms with Crippen LogP contribution in [0.3, 0.4) is 0 Å². The summed E-state index contributed by atoms with van der Waals surface area (Å²) in [5.41, 5.74) is 1.21. The first-order chi connectivity index (χ1) is 12.0. The van der Waals surface area contributed by atoms with Crippen molar-refractivity contribution in [3.8, 4) is 17.2 Å². The molecule has 0 fully saturated rings. The number of rotatable bonds is 6. The molecule has 0 saturated carbocycles. The van der Waals surface area contributed by atoms with Gasteiger partial charge in [0.1, 0.15) is 0 Å². The highest BCUT2D eigenvalue weighted by molar-refractivity contribution is 6.43. The highest BCUT2D eigenvalue weighted by Crippen LogP contribution is 2.38. The Bertz CT molecular complexity index is 743. The Hall–Kier alpha value is -2.31. The molecule has 2 amide bonds. The van der Waals surface area contributed by atoms with Crippen LogP contribution in [-0.2, 0) is 6.54 Å². The van der Waals surface area contributed by atoms with E-state index in [0.717, 1.165) is 5.56 Å². The molecule has 2 N–H and O–H groups in total. The third-order valence-electron chi connectivity index (χ3n) is 3.38. The van der Waals surface area contributed by atoms with Crippen LogP contribution in [0.25, 0.3) is 0 Å². The normalized spacial score (nSPS) is 10.1. The lowest BCUT2D eigenvalue weighted by Gasteiger charge is -2.15. The minimum Gasteiger partial charge on any atom is -0.493 e. The lowest BCUT2D eigenvalue weighted by atomic mass is 10.2. The number of hydrogen-bond acceptors (Lipinski definition) is 4. The van der Waals surface area contributed by atoms with Crippen molar-refractivity contribution >= 4 is 34.9 Å². The van der Waals surface area contributed by atoms with Crippen molar-refractivity contribution in [2.24, 2.45) is 0 Å². The largest absolute Gasteiger partial charge is 0.493 e. The maximum absolute atomic E-state index is 12.1. The molecule has 0 aliphatic carbocycles. The zero-order valence-corrected chi connectivity index (χ0v) is 15.5. The number of nitrogens with one attached hydrogen (secondary N) is 2. The number of urea groups is 1. The monoisotopic (exact) mass is 384 g/mol. The fraction of sp³-hybridized carbons (Fsp3) is 0.235. The van der Waals surface area contributed by atoms with Gasteiger partial charge in [0.2, 0.25) is 5.75 Å². The van der Waals surface area contributed by atoms with Gasteiger partial charge in [0.25, 0.3) is 0 Å². The van der Waals surface area contributed by atoms with Crippen molar-refractivity contribution in [3.05, 3.63) is 45.9 Å². The molecular formula is C17H18Cl2N2O4. The van der Waals surface area contributed by atoms with E-state index in [2.05, 4.69) is 10.6 Å². The Morgan fingerprint density at radius 1 is 1.04 bits per heavy atom. The third-order valence-corrected chi connectivity index (χ3v) is 4.20. The Morgan fingerprint density at radius 2 is 1.68 bits per heavy atom. The van der Waals surface area contributed by atoms with Gasteiger partial charge in [0, 0.05) is 6.54 Å². The predicted molar refractivity (Wildman–Crippen MR) is 98.4 cm³/mol. The Labute approximate surface area is 156 Å². The number of hydrogen-bond donors (Lipinski definition) is 2. The van der Waals surface area contributed by atoms with Crippen LogP contribution in [0.2, 0.25) is 10.0 Å². The number of anilines is 1. The van der Waals surface area contributed by atoms with Crippen molar-refractivity contribution in [2.75, 3.05) is 26.6 Å². The summed E-state index contributed by atoms with van der Waals surface area (Å²) >= 11 is 12.0. The molecule has 2 aromatic rings. The van der Waals surface area contributed by atoms with E-state index < -0.39 is 6.03 Å². The van der Waals surface area contributed by atoms with E-state index in [4.69, 9.17) is 37.4 Å². The van der Waals surface area contributed by atoms with Gasteiger partial charge in [-0.2, -0.15) is 0 Å². The van der Waals surface area contributed by atoms with Crippen LogP contribution >= 0.6 is 23.2 Å². The molecule has 0 saturated heterocycles. The fourth-order valence-corrected chi connectivity index (χ4v) is 2.53. The number of carbonyl (C=O) groups is 1. The number of methoxy groups -OCH3 is 3. The molecule has 0 aliphatic heterocycles. The van der Waals surface area contributed by atoms with E-state index >= 15 is 0 Å². The molecule has 6 nitrogen and oxygen atoms in total. The average molecular weight is 385 g/mol. The molecular weight excluding hydrogens is 367 g/mol. The molecule has 0 radical (unpaired) electrons. The number of carbonyl (C=O) groups excluding carboxylic acids is 1.